The molecule has 6 nitrogen and oxygen atoms in total. The molecule has 34 heavy (non-hydrogen) atoms. The molecule has 2 fully saturated rings. The first-order valence-corrected chi connectivity index (χ1v) is 12.9. The molecule has 1 spiro atoms. The first-order valence-electron chi connectivity index (χ1n) is 11.4. The van der Waals surface area contributed by atoms with E-state index in [9.17, 15) is 9.59 Å². The van der Waals surface area contributed by atoms with Gasteiger partial charge in [0.1, 0.15) is 28.6 Å². The standard InChI is InChI=1S/C26H23ClN2O4S/c27-14-23(30)28-12-10-26(11-13-28)29(24(31)16-34-26)15-17-8-9-21(32-17)19-5-3-7-22-25(19)18-4-1-2-6-20(18)33-22/h1-9H,10-16H2. The van der Waals surface area contributed by atoms with Crippen molar-refractivity contribution >= 4 is 57.1 Å². The summed E-state index contributed by atoms with van der Waals surface area (Å²) in [6.45, 7) is 1.64. The zero-order valence-corrected chi connectivity index (χ0v) is 20.0. The Balaban J connectivity index is 1.28. The number of likely N-dealkylation sites (tertiary alicyclic amines) is 1. The van der Waals surface area contributed by atoms with Gasteiger partial charge < -0.3 is 18.6 Å². The van der Waals surface area contributed by atoms with E-state index in [2.05, 4.69) is 6.07 Å². The van der Waals surface area contributed by atoms with Gasteiger partial charge in [0.25, 0.3) is 0 Å². The van der Waals surface area contributed by atoms with E-state index in [1.807, 2.05) is 53.4 Å². The van der Waals surface area contributed by atoms with E-state index in [0.29, 0.717) is 25.4 Å². The number of benzene rings is 2. The van der Waals surface area contributed by atoms with E-state index in [4.69, 9.17) is 20.4 Å². The second kappa shape index (κ2) is 8.40. The summed E-state index contributed by atoms with van der Waals surface area (Å²) in [7, 11) is 0. The van der Waals surface area contributed by atoms with E-state index in [1.54, 1.807) is 16.7 Å². The van der Waals surface area contributed by atoms with Gasteiger partial charge in [0.05, 0.1) is 17.2 Å². The first-order chi connectivity index (χ1) is 16.6. The van der Waals surface area contributed by atoms with Crippen LogP contribution in [0.1, 0.15) is 18.6 Å². The second-order valence-corrected chi connectivity index (χ2v) is 10.4. The lowest BCUT2D eigenvalue weighted by atomic mass is 10.0. The van der Waals surface area contributed by atoms with E-state index in [0.717, 1.165) is 51.9 Å². The number of hydrogen-bond donors (Lipinski definition) is 0. The SMILES string of the molecule is O=C(CCl)N1CCC2(CC1)SCC(=O)N2Cc1ccc(-c2cccc3oc4ccccc4c23)o1. The molecule has 0 N–H and O–H groups in total. The van der Waals surface area contributed by atoms with Crippen LogP contribution in [0.3, 0.4) is 0 Å². The molecule has 2 aromatic heterocycles. The molecule has 4 heterocycles. The average molecular weight is 495 g/mol. The third-order valence-electron chi connectivity index (χ3n) is 6.91. The minimum Gasteiger partial charge on any atom is -0.459 e. The number of carbonyl (C=O) groups excluding carboxylic acids is 2. The van der Waals surface area contributed by atoms with Crippen LogP contribution >= 0.6 is 23.4 Å². The monoisotopic (exact) mass is 494 g/mol. The number of thioether (sulfide) groups is 1. The Morgan fingerprint density at radius 1 is 1.00 bits per heavy atom. The Labute approximate surface area is 205 Å². The largest absolute Gasteiger partial charge is 0.459 e. The molecule has 0 unspecified atom stereocenters. The van der Waals surface area contributed by atoms with Crippen molar-refractivity contribution in [2.24, 2.45) is 0 Å². The Morgan fingerprint density at radius 2 is 1.79 bits per heavy atom. The van der Waals surface area contributed by atoms with Gasteiger partial charge in [0.15, 0.2) is 0 Å². The van der Waals surface area contributed by atoms with Crippen LogP contribution < -0.4 is 0 Å². The lowest BCUT2D eigenvalue weighted by Crippen LogP contribution is -2.52. The predicted molar refractivity (Wildman–Crippen MR) is 134 cm³/mol. The summed E-state index contributed by atoms with van der Waals surface area (Å²) in [5.74, 6) is 2.02. The number of carbonyl (C=O) groups is 2. The molecular weight excluding hydrogens is 472 g/mol. The van der Waals surface area contributed by atoms with Gasteiger partial charge in [-0.05, 0) is 37.1 Å². The van der Waals surface area contributed by atoms with E-state index in [1.165, 1.54) is 0 Å². The summed E-state index contributed by atoms with van der Waals surface area (Å²) in [4.78, 5) is 28.3. The summed E-state index contributed by atoms with van der Waals surface area (Å²) in [6, 6.07) is 17.9. The molecular formula is C26H23ClN2O4S. The van der Waals surface area contributed by atoms with Crippen molar-refractivity contribution in [1.82, 2.24) is 9.80 Å². The summed E-state index contributed by atoms with van der Waals surface area (Å²) < 4.78 is 12.3. The highest BCUT2D eigenvalue weighted by Gasteiger charge is 2.48. The number of nitrogens with zero attached hydrogens (tertiary/aromatic N) is 2. The molecule has 2 amide bonds. The van der Waals surface area contributed by atoms with Crippen LogP contribution in [-0.2, 0) is 16.1 Å². The van der Waals surface area contributed by atoms with Crippen molar-refractivity contribution < 1.29 is 18.4 Å². The molecule has 0 bridgehead atoms. The maximum Gasteiger partial charge on any atom is 0.237 e. The molecule has 0 atom stereocenters. The fourth-order valence-electron chi connectivity index (χ4n) is 5.16. The van der Waals surface area contributed by atoms with Gasteiger partial charge in [-0.2, -0.15) is 0 Å². The second-order valence-electron chi connectivity index (χ2n) is 8.77. The van der Waals surface area contributed by atoms with Crippen LogP contribution in [0, 0.1) is 0 Å². The lowest BCUT2D eigenvalue weighted by molar-refractivity contribution is -0.134. The van der Waals surface area contributed by atoms with Crippen molar-refractivity contribution in [2.75, 3.05) is 24.7 Å². The number of amides is 2. The number of fused-ring (bicyclic) bond motifs is 3. The molecule has 0 aliphatic carbocycles. The minimum atomic E-state index is -0.298. The molecule has 2 saturated heterocycles. The molecule has 2 aliphatic heterocycles. The van der Waals surface area contributed by atoms with Crippen LogP contribution in [0.2, 0.25) is 0 Å². The van der Waals surface area contributed by atoms with Gasteiger partial charge in [0.2, 0.25) is 11.8 Å². The topological polar surface area (TPSA) is 66.9 Å². The van der Waals surface area contributed by atoms with Crippen LogP contribution in [-0.4, -0.2) is 51.2 Å². The molecule has 2 aliphatic rings. The Hall–Kier alpha value is -2.90. The number of alkyl halides is 1. The molecule has 174 valence electrons. The summed E-state index contributed by atoms with van der Waals surface area (Å²) in [6.07, 6.45) is 1.47. The number of para-hydroxylation sites is 1. The fourth-order valence-corrected chi connectivity index (χ4v) is 6.67. The highest BCUT2D eigenvalue weighted by Crippen LogP contribution is 2.45. The van der Waals surface area contributed by atoms with Gasteiger partial charge in [0, 0.05) is 29.4 Å². The number of furan rings is 2. The smallest absolute Gasteiger partial charge is 0.237 e. The molecule has 6 rings (SSSR count). The zero-order valence-electron chi connectivity index (χ0n) is 18.5. The maximum absolute atomic E-state index is 12.8. The van der Waals surface area contributed by atoms with E-state index >= 15 is 0 Å². The lowest BCUT2D eigenvalue weighted by Gasteiger charge is -2.43. The van der Waals surface area contributed by atoms with Crippen molar-refractivity contribution in [1.29, 1.82) is 0 Å². The Bertz CT molecular complexity index is 1400. The number of halogens is 1. The fraction of sp³-hybridized carbons (Fsp3) is 0.308. The van der Waals surface area contributed by atoms with Gasteiger partial charge in [-0.15, -0.1) is 23.4 Å². The molecule has 0 radical (unpaired) electrons. The zero-order chi connectivity index (χ0) is 23.3. The summed E-state index contributed by atoms with van der Waals surface area (Å²) >= 11 is 7.41. The number of rotatable bonds is 4. The summed E-state index contributed by atoms with van der Waals surface area (Å²) in [5.41, 5.74) is 2.63. The first kappa shape index (κ1) is 21.6. The average Bonchev–Trinajstić information content (AvgIpc) is 3.57. The third kappa shape index (κ3) is 3.49. The maximum atomic E-state index is 12.8. The van der Waals surface area contributed by atoms with Gasteiger partial charge in [-0.25, -0.2) is 0 Å². The van der Waals surface area contributed by atoms with E-state index < -0.39 is 0 Å². The van der Waals surface area contributed by atoms with Crippen LogP contribution in [0.4, 0.5) is 0 Å². The number of piperidine rings is 1. The number of hydrogen-bond acceptors (Lipinski definition) is 5. The molecule has 8 heteroatoms. The Kier molecular flexibility index (Phi) is 5.34. The van der Waals surface area contributed by atoms with Crippen molar-refractivity contribution in [3.8, 4) is 11.3 Å². The van der Waals surface area contributed by atoms with Crippen LogP contribution in [0.5, 0.6) is 0 Å². The van der Waals surface area contributed by atoms with Crippen LogP contribution in [0.25, 0.3) is 33.3 Å². The van der Waals surface area contributed by atoms with Gasteiger partial charge in [-0.1, -0.05) is 30.3 Å². The molecule has 2 aromatic carbocycles. The van der Waals surface area contributed by atoms with Gasteiger partial charge >= 0.3 is 0 Å². The third-order valence-corrected chi connectivity index (χ3v) is 8.70. The Morgan fingerprint density at radius 3 is 2.62 bits per heavy atom. The highest BCUT2D eigenvalue weighted by atomic mass is 35.5. The quantitative estimate of drug-likeness (QED) is 0.351. The molecule has 0 saturated carbocycles. The van der Waals surface area contributed by atoms with E-state index in [-0.39, 0.29) is 22.6 Å². The van der Waals surface area contributed by atoms with Crippen molar-refractivity contribution in [2.45, 2.75) is 24.3 Å². The normalized spacial score (nSPS) is 18.0. The van der Waals surface area contributed by atoms with Gasteiger partial charge in [-0.3, -0.25) is 9.59 Å². The van der Waals surface area contributed by atoms with Crippen molar-refractivity contribution in [3.05, 3.63) is 60.4 Å². The predicted octanol–water partition coefficient (Wildman–Crippen LogP) is 5.48. The minimum absolute atomic E-state index is 0.00331. The summed E-state index contributed by atoms with van der Waals surface area (Å²) in [5, 5.41) is 2.08. The van der Waals surface area contributed by atoms with Crippen LogP contribution in [0.15, 0.2) is 63.4 Å². The van der Waals surface area contributed by atoms with Crippen molar-refractivity contribution in [3.63, 3.8) is 0 Å². The highest BCUT2D eigenvalue weighted by molar-refractivity contribution is 8.01. The molecule has 4 aromatic rings.